The van der Waals surface area contributed by atoms with Gasteiger partial charge in [-0.2, -0.15) is 13.2 Å². The number of urea groups is 1. The van der Waals surface area contributed by atoms with Gasteiger partial charge in [0.05, 0.1) is 18.6 Å². The molecule has 33 heavy (non-hydrogen) atoms. The van der Waals surface area contributed by atoms with Gasteiger partial charge in [-0.1, -0.05) is 36.4 Å². The van der Waals surface area contributed by atoms with Gasteiger partial charge in [-0.3, -0.25) is 0 Å². The summed E-state index contributed by atoms with van der Waals surface area (Å²) in [6.45, 7) is 0.743. The fourth-order valence-electron chi connectivity index (χ4n) is 4.04. The molecule has 2 saturated heterocycles. The van der Waals surface area contributed by atoms with Crippen molar-refractivity contribution in [1.29, 1.82) is 0 Å². The summed E-state index contributed by atoms with van der Waals surface area (Å²) in [7, 11) is 0. The molecule has 0 radical (unpaired) electrons. The number of halogens is 3. The summed E-state index contributed by atoms with van der Waals surface area (Å²) < 4.78 is 48.5. The molecule has 2 aromatic rings. The van der Waals surface area contributed by atoms with E-state index in [1.165, 1.54) is 12.1 Å². The highest BCUT2D eigenvalue weighted by atomic mass is 19.4. The first-order valence-corrected chi connectivity index (χ1v) is 10.5. The summed E-state index contributed by atoms with van der Waals surface area (Å²) in [5, 5.41) is 5.52. The number of hydrogen-bond donors (Lipinski definition) is 2. The molecular weight excluding hydrogens is 441 g/mol. The quantitative estimate of drug-likeness (QED) is 0.614. The van der Waals surface area contributed by atoms with E-state index >= 15 is 0 Å². The lowest BCUT2D eigenvalue weighted by Gasteiger charge is -2.36. The first kappa shape index (κ1) is 22.7. The topological polar surface area (TPSA) is 92.8 Å². The van der Waals surface area contributed by atoms with E-state index in [1.807, 2.05) is 30.3 Å². The fraction of sp³-hybridized carbons (Fsp3) is 0.409. The maximum absolute atomic E-state index is 12.7. The number of pyridine rings is 1. The van der Waals surface area contributed by atoms with Gasteiger partial charge in [0.2, 0.25) is 5.88 Å². The zero-order chi connectivity index (χ0) is 23.4. The number of hydrogen-bond acceptors (Lipinski definition) is 5. The number of aromatic nitrogens is 1. The van der Waals surface area contributed by atoms with Crippen molar-refractivity contribution < 1.29 is 32.2 Å². The Labute approximate surface area is 188 Å². The molecule has 2 bridgehead atoms. The van der Waals surface area contributed by atoms with Crippen LogP contribution in [0.15, 0.2) is 48.5 Å². The number of alkyl carbamates (subject to hydrolysis) is 1. The lowest BCUT2D eigenvalue weighted by atomic mass is 9.80. The minimum Gasteiger partial charge on any atom is -0.476 e. The molecule has 3 atom stereocenters. The molecule has 5 rings (SSSR count). The highest BCUT2D eigenvalue weighted by Crippen LogP contribution is 2.41. The van der Waals surface area contributed by atoms with Gasteiger partial charge in [0, 0.05) is 18.5 Å². The third-order valence-electron chi connectivity index (χ3n) is 5.70. The molecule has 8 nitrogen and oxygen atoms in total. The second-order valence-electron chi connectivity index (χ2n) is 7.89. The van der Waals surface area contributed by atoms with Gasteiger partial charge in [-0.25, -0.2) is 14.6 Å². The van der Waals surface area contributed by atoms with E-state index < -0.39 is 18.0 Å². The van der Waals surface area contributed by atoms with Crippen LogP contribution in [0.2, 0.25) is 0 Å². The van der Waals surface area contributed by atoms with Crippen molar-refractivity contribution >= 4 is 12.1 Å². The van der Waals surface area contributed by atoms with Gasteiger partial charge < -0.3 is 25.0 Å². The van der Waals surface area contributed by atoms with Crippen molar-refractivity contribution in [2.75, 3.05) is 19.7 Å². The number of carbonyl (C=O) groups excluding carboxylic acids is 2. The molecule has 2 N–H and O–H groups in total. The summed E-state index contributed by atoms with van der Waals surface area (Å²) in [5.74, 6) is -0.00336. The van der Waals surface area contributed by atoms with Crippen molar-refractivity contribution in [2.45, 2.75) is 31.3 Å². The number of nitrogens with zero attached hydrogens (tertiary/aromatic N) is 2. The number of carbonyl (C=O) groups is 2. The van der Waals surface area contributed by atoms with Crippen LogP contribution >= 0.6 is 0 Å². The zero-order valence-corrected chi connectivity index (χ0v) is 17.5. The summed E-state index contributed by atoms with van der Waals surface area (Å²) in [5.41, 5.74) is -0.158. The second-order valence-corrected chi connectivity index (χ2v) is 7.89. The lowest BCUT2D eigenvalue weighted by molar-refractivity contribution is -0.141. The van der Waals surface area contributed by atoms with Crippen molar-refractivity contribution in [1.82, 2.24) is 20.5 Å². The van der Waals surface area contributed by atoms with Gasteiger partial charge in [0.25, 0.3) is 0 Å². The van der Waals surface area contributed by atoms with Crippen LogP contribution in [0.25, 0.3) is 0 Å². The Hall–Kier alpha value is -3.50. The third kappa shape index (κ3) is 5.47. The highest BCUT2D eigenvalue weighted by Gasteiger charge is 2.54. The number of amides is 3. The van der Waals surface area contributed by atoms with Crippen LogP contribution in [0.5, 0.6) is 5.88 Å². The largest absolute Gasteiger partial charge is 0.476 e. The molecule has 3 amide bonds. The van der Waals surface area contributed by atoms with Crippen LogP contribution in [-0.2, 0) is 17.5 Å². The zero-order valence-electron chi connectivity index (χ0n) is 17.5. The number of ether oxygens (including phenoxy) is 2. The maximum Gasteiger partial charge on any atom is 0.433 e. The molecule has 1 aromatic carbocycles. The van der Waals surface area contributed by atoms with Crippen LogP contribution < -0.4 is 15.4 Å². The lowest BCUT2D eigenvalue weighted by Crippen LogP contribution is -2.56. The standard InChI is InChI=1S/C22H23F3N4O4/c23-22(24,25)17-7-4-8-18(27-17)32-10-9-26-20(30)29-12-15-11-16(29)19(15)28-21(31)33-13-14-5-2-1-3-6-14/h1-8,15-16,19H,9-13H2,(H,26,30)(H,28,31)/t15-,16-,19+/m0/s1. The van der Waals surface area contributed by atoms with Crippen molar-refractivity contribution in [3.8, 4) is 5.88 Å². The molecule has 176 valence electrons. The van der Waals surface area contributed by atoms with Gasteiger partial charge in [0.1, 0.15) is 18.9 Å². The van der Waals surface area contributed by atoms with E-state index in [1.54, 1.807) is 4.90 Å². The molecule has 3 fully saturated rings. The highest BCUT2D eigenvalue weighted by molar-refractivity contribution is 5.76. The molecule has 1 aliphatic carbocycles. The first-order chi connectivity index (χ1) is 15.8. The number of benzene rings is 1. The third-order valence-corrected chi connectivity index (χ3v) is 5.70. The Bertz CT molecular complexity index is 989. The maximum atomic E-state index is 12.7. The average molecular weight is 464 g/mol. The summed E-state index contributed by atoms with van der Waals surface area (Å²) in [6.07, 6.45) is -4.28. The molecule has 1 aromatic heterocycles. The van der Waals surface area contributed by atoms with Crippen molar-refractivity contribution in [3.63, 3.8) is 0 Å². The van der Waals surface area contributed by atoms with Crippen LogP contribution in [0.3, 0.4) is 0 Å². The molecule has 0 spiro atoms. The van der Waals surface area contributed by atoms with E-state index in [0.717, 1.165) is 18.1 Å². The fourth-order valence-corrected chi connectivity index (χ4v) is 4.04. The van der Waals surface area contributed by atoms with Crippen LogP contribution in [0.4, 0.5) is 22.8 Å². The monoisotopic (exact) mass is 464 g/mol. The number of rotatable bonds is 7. The predicted octanol–water partition coefficient (Wildman–Crippen LogP) is 3.19. The molecule has 0 unspecified atom stereocenters. The Balaban J connectivity index is 1.17. The first-order valence-electron chi connectivity index (χ1n) is 10.5. The molecule has 3 heterocycles. The van der Waals surface area contributed by atoms with Crippen LogP contribution in [-0.4, -0.2) is 53.8 Å². The van der Waals surface area contributed by atoms with E-state index in [-0.39, 0.29) is 49.7 Å². The Morgan fingerprint density at radius 3 is 2.67 bits per heavy atom. The van der Waals surface area contributed by atoms with E-state index in [2.05, 4.69) is 15.6 Å². The normalized spacial score (nSPS) is 21.2. The van der Waals surface area contributed by atoms with Crippen molar-refractivity contribution in [3.05, 3.63) is 59.8 Å². The predicted molar refractivity (Wildman–Crippen MR) is 110 cm³/mol. The molecule has 1 saturated carbocycles. The minimum absolute atomic E-state index is 0.0323. The Morgan fingerprint density at radius 2 is 1.91 bits per heavy atom. The van der Waals surface area contributed by atoms with E-state index in [9.17, 15) is 22.8 Å². The van der Waals surface area contributed by atoms with Gasteiger partial charge >= 0.3 is 18.3 Å². The van der Waals surface area contributed by atoms with Gasteiger partial charge in [0.15, 0.2) is 0 Å². The number of alkyl halides is 3. The van der Waals surface area contributed by atoms with Crippen molar-refractivity contribution in [2.24, 2.45) is 5.92 Å². The Kier molecular flexibility index (Phi) is 6.57. The Morgan fingerprint density at radius 1 is 1.12 bits per heavy atom. The van der Waals surface area contributed by atoms with Gasteiger partial charge in [-0.05, 0) is 18.1 Å². The summed E-state index contributed by atoms with van der Waals surface area (Å²) in [6, 6.07) is 12.1. The molecule has 3 aliphatic rings. The van der Waals surface area contributed by atoms with Gasteiger partial charge in [-0.15, -0.1) is 0 Å². The van der Waals surface area contributed by atoms with E-state index in [0.29, 0.717) is 6.54 Å². The number of nitrogens with one attached hydrogen (secondary N) is 2. The molecule has 11 heteroatoms. The smallest absolute Gasteiger partial charge is 0.433 e. The average Bonchev–Trinajstić information content (AvgIpc) is 3.39. The minimum atomic E-state index is -4.55. The van der Waals surface area contributed by atoms with Crippen LogP contribution in [0.1, 0.15) is 17.7 Å². The summed E-state index contributed by atoms with van der Waals surface area (Å²) >= 11 is 0. The molecular formula is C22H23F3N4O4. The summed E-state index contributed by atoms with van der Waals surface area (Å²) in [4.78, 5) is 29.6. The SMILES string of the molecule is O=C(N[C@@H]1[C@H]2C[C@@H]1N(C(=O)NCCOc1cccc(C(F)(F)F)n1)C2)OCc1ccccc1. The van der Waals surface area contributed by atoms with E-state index in [4.69, 9.17) is 9.47 Å². The van der Waals surface area contributed by atoms with Crippen LogP contribution in [0, 0.1) is 5.92 Å². The molecule has 2 aliphatic heterocycles. The number of fused-ring (bicyclic) bond motifs is 1. The second kappa shape index (κ2) is 9.55.